The molecule has 5 nitrogen and oxygen atoms in total. The molecule has 1 rings (SSSR count). The Morgan fingerprint density at radius 2 is 2.14 bits per heavy atom. The molecule has 0 saturated carbocycles. The van der Waals surface area contributed by atoms with E-state index in [1.807, 2.05) is 13.8 Å². The third kappa shape index (κ3) is 5.06. The van der Waals surface area contributed by atoms with Crippen molar-refractivity contribution in [2.75, 3.05) is 13.1 Å². The number of hydrogen-bond donors (Lipinski definition) is 2. The molecule has 0 saturated heterocycles. The summed E-state index contributed by atoms with van der Waals surface area (Å²) in [6.07, 6.45) is 0.267. The highest BCUT2D eigenvalue weighted by Gasteiger charge is 2.18. The zero-order chi connectivity index (χ0) is 16.0. The first-order chi connectivity index (χ1) is 9.85. The number of halogens is 1. The molecule has 0 atom stereocenters. The van der Waals surface area contributed by atoms with Crippen molar-refractivity contribution in [2.45, 2.75) is 27.2 Å². The van der Waals surface area contributed by atoms with Crippen LogP contribution in [0.15, 0.2) is 23.4 Å². The second-order valence-electron chi connectivity index (χ2n) is 5.45. The van der Waals surface area contributed by atoms with E-state index in [1.165, 1.54) is 6.07 Å². The summed E-state index contributed by atoms with van der Waals surface area (Å²) in [5, 5.41) is 11.5. The van der Waals surface area contributed by atoms with Crippen LogP contribution in [-0.2, 0) is 0 Å². The molecule has 6 heteroatoms. The number of aryl methyl sites for hydroxylation is 1. The topological polar surface area (TPSA) is 78.9 Å². The van der Waals surface area contributed by atoms with Gasteiger partial charge in [0.1, 0.15) is 11.7 Å². The summed E-state index contributed by atoms with van der Waals surface area (Å²) in [5.41, 5.74) is 6.24. The quantitative estimate of drug-likeness (QED) is 0.366. The number of benzene rings is 1. The predicted molar refractivity (Wildman–Crippen MR) is 79.9 cm³/mol. The molecule has 1 amide bonds. The Kier molecular flexibility index (Phi) is 6.14. The van der Waals surface area contributed by atoms with Gasteiger partial charge in [-0.05, 0) is 30.5 Å². The average molecular weight is 295 g/mol. The highest BCUT2D eigenvalue weighted by Crippen LogP contribution is 2.13. The van der Waals surface area contributed by atoms with Crippen molar-refractivity contribution in [1.82, 2.24) is 4.90 Å². The Labute approximate surface area is 124 Å². The normalized spacial score (nSPS) is 11.8. The molecule has 0 unspecified atom stereocenters. The van der Waals surface area contributed by atoms with Crippen molar-refractivity contribution in [3.8, 4) is 0 Å². The summed E-state index contributed by atoms with van der Waals surface area (Å²) in [6.45, 7) is 6.46. The predicted octanol–water partition coefficient (Wildman–Crippen LogP) is 2.37. The molecule has 116 valence electrons. The van der Waals surface area contributed by atoms with Crippen LogP contribution < -0.4 is 5.73 Å². The first-order valence-electron chi connectivity index (χ1n) is 6.87. The molecule has 0 aliphatic heterocycles. The Hall–Kier alpha value is -2.11. The van der Waals surface area contributed by atoms with Gasteiger partial charge in [-0.1, -0.05) is 25.1 Å². The molecule has 0 fully saturated rings. The van der Waals surface area contributed by atoms with Gasteiger partial charge < -0.3 is 15.8 Å². The molecule has 0 radical (unpaired) electrons. The molecular weight excluding hydrogens is 273 g/mol. The maximum Gasteiger partial charge on any atom is 0.253 e. The van der Waals surface area contributed by atoms with Crippen molar-refractivity contribution in [3.05, 3.63) is 35.1 Å². The Balaban J connectivity index is 2.90. The lowest BCUT2D eigenvalue weighted by Crippen LogP contribution is -2.36. The van der Waals surface area contributed by atoms with Crippen molar-refractivity contribution < 1.29 is 14.4 Å². The fraction of sp³-hybridized carbons (Fsp3) is 0.467. The smallest absolute Gasteiger partial charge is 0.253 e. The van der Waals surface area contributed by atoms with Gasteiger partial charge in [-0.25, -0.2) is 4.39 Å². The lowest BCUT2D eigenvalue weighted by molar-refractivity contribution is 0.0740. The van der Waals surface area contributed by atoms with E-state index >= 15 is 0 Å². The molecule has 0 bridgehead atoms. The first kappa shape index (κ1) is 16.9. The number of carbonyl (C=O) groups excluding carboxylic acids is 1. The number of carbonyl (C=O) groups is 1. The summed E-state index contributed by atoms with van der Waals surface area (Å²) < 4.78 is 13.6. The van der Waals surface area contributed by atoms with Gasteiger partial charge in [-0.2, -0.15) is 0 Å². The van der Waals surface area contributed by atoms with Gasteiger partial charge >= 0.3 is 0 Å². The standard InChI is InChI=1S/C15H22FN3O2/c1-10(2)9-19(7-6-14(17)18-21)15(20)12-5-4-11(3)13(16)8-12/h4-5,8,10,21H,6-7,9H2,1-3H3,(H2,17,18). The van der Waals surface area contributed by atoms with Crippen LogP contribution >= 0.6 is 0 Å². The van der Waals surface area contributed by atoms with Gasteiger partial charge in [0.25, 0.3) is 5.91 Å². The van der Waals surface area contributed by atoms with Crippen LogP contribution in [0.1, 0.15) is 36.2 Å². The molecule has 21 heavy (non-hydrogen) atoms. The van der Waals surface area contributed by atoms with Crippen LogP contribution in [0.4, 0.5) is 4.39 Å². The monoisotopic (exact) mass is 295 g/mol. The Morgan fingerprint density at radius 3 is 2.67 bits per heavy atom. The van der Waals surface area contributed by atoms with Gasteiger partial charge in [-0.15, -0.1) is 0 Å². The summed E-state index contributed by atoms with van der Waals surface area (Å²) in [7, 11) is 0. The van der Waals surface area contributed by atoms with Crippen LogP contribution in [0, 0.1) is 18.7 Å². The molecule has 0 aliphatic rings. The van der Waals surface area contributed by atoms with Crippen molar-refractivity contribution >= 4 is 11.7 Å². The molecule has 0 heterocycles. The van der Waals surface area contributed by atoms with Crippen LogP contribution in [0.2, 0.25) is 0 Å². The number of nitrogens with two attached hydrogens (primary N) is 1. The van der Waals surface area contributed by atoms with E-state index in [0.29, 0.717) is 24.2 Å². The highest BCUT2D eigenvalue weighted by atomic mass is 19.1. The molecule has 0 aromatic heterocycles. The summed E-state index contributed by atoms with van der Waals surface area (Å²) >= 11 is 0. The Morgan fingerprint density at radius 1 is 1.48 bits per heavy atom. The van der Waals surface area contributed by atoms with E-state index in [9.17, 15) is 9.18 Å². The van der Waals surface area contributed by atoms with Gasteiger partial charge in [-0.3, -0.25) is 4.79 Å². The third-order valence-electron chi connectivity index (χ3n) is 3.06. The second kappa shape index (κ2) is 7.61. The van der Waals surface area contributed by atoms with Crippen molar-refractivity contribution in [2.24, 2.45) is 16.8 Å². The fourth-order valence-electron chi connectivity index (χ4n) is 1.92. The zero-order valence-electron chi connectivity index (χ0n) is 12.6. The highest BCUT2D eigenvalue weighted by molar-refractivity contribution is 5.94. The molecule has 3 N–H and O–H groups in total. The van der Waals surface area contributed by atoms with Gasteiger partial charge in [0.2, 0.25) is 0 Å². The van der Waals surface area contributed by atoms with Gasteiger partial charge in [0.15, 0.2) is 0 Å². The lowest BCUT2D eigenvalue weighted by Gasteiger charge is -2.24. The molecular formula is C15H22FN3O2. The Bertz CT molecular complexity index is 530. The van der Waals surface area contributed by atoms with Crippen LogP contribution in [0.25, 0.3) is 0 Å². The molecule has 0 spiro atoms. The maximum absolute atomic E-state index is 13.6. The summed E-state index contributed by atoms with van der Waals surface area (Å²) in [5.74, 6) is -0.335. The van der Waals surface area contributed by atoms with E-state index in [4.69, 9.17) is 10.9 Å². The van der Waals surface area contributed by atoms with E-state index in [-0.39, 0.29) is 24.1 Å². The third-order valence-corrected chi connectivity index (χ3v) is 3.06. The lowest BCUT2D eigenvalue weighted by atomic mass is 10.1. The number of amidine groups is 1. The number of rotatable bonds is 6. The molecule has 1 aromatic rings. The number of hydrogen-bond acceptors (Lipinski definition) is 3. The average Bonchev–Trinajstić information content (AvgIpc) is 2.44. The first-order valence-corrected chi connectivity index (χ1v) is 6.87. The van der Waals surface area contributed by atoms with E-state index < -0.39 is 5.82 Å². The fourth-order valence-corrected chi connectivity index (χ4v) is 1.92. The number of nitrogens with zero attached hydrogens (tertiary/aromatic N) is 2. The van der Waals surface area contributed by atoms with Crippen LogP contribution in [-0.4, -0.2) is 34.9 Å². The minimum absolute atomic E-state index is 0.0617. The largest absolute Gasteiger partial charge is 0.409 e. The number of oxime groups is 1. The van der Waals surface area contributed by atoms with Crippen LogP contribution in [0.5, 0.6) is 0 Å². The number of amides is 1. The summed E-state index contributed by atoms with van der Waals surface area (Å²) in [4.78, 5) is 14.1. The van der Waals surface area contributed by atoms with E-state index in [2.05, 4.69) is 5.16 Å². The van der Waals surface area contributed by atoms with Gasteiger partial charge in [0, 0.05) is 25.1 Å². The zero-order valence-corrected chi connectivity index (χ0v) is 12.6. The SMILES string of the molecule is Cc1ccc(C(=O)N(CCC(N)=NO)CC(C)C)cc1F. The van der Waals surface area contributed by atoms with Gasteiger partial charge in [0.05, 0.1) is 0 Å². The minimum Gasteiger partial charge on any atom is -0.409 e. The van der Waals surface area contributed by atoms with Crippen molar-refractivity contribution in [3.63, 3.8) is 0 Å². The second-order valence-corrected chi connectivity index (χ2v) is 5.45. The molecule has 0 aliphatic carbocycles. The maximum atomic E-state index is 13.6. The minimum atomic E-state index is -0.401. The summed E-state index contributed by atoms with van der Waals surface area (Å²) in [6, 6.07) is 4.44. The molecule has 1 aromatic carbocycles. The van der Waals surface area contributed by atoms with E-state index in [1.54, 1.807) is 24.0 Å². The van der Waals surface area contributed by atoms with E-state index in [0.717, 1.165) is 0 Å². The van der Waals surface area contributed by atoms with Crippen LogP contribution in [0.3, 0.4) is 0 Å². The van der Waals surface area contributed by atoms with Crippen molar-refractivity contribution in [1.29, 1.82) is 0 Å².